The molecule has 1 aromatic heterocycles. The van der Waals surface area contributed by atoms with Gasteiger partial charge in [0.1, 0.15) is 6.61 Å². The molecule has 0 saturated carbocycles. The summed E-state index contributed by atoms with van der Waals surface area (Å²) < 4.78 is 11.1. The van der Waals surface area contributed by atoms with Crippen LogP contribution in [-0.4, -0.2) is 18.1 Å². The smallest absolute Gasteiger partial charge is 0.360 e. The van der Waals surface area contributed by atoms with Crippen LogP contribution in [0, 0.1) is 6.92 Å². The molecule has 0 bridgehead atoms. The normalized spacial score (nSPS) is 10.8. The fourth-order valence-electron chi connectivity index (χ4n) is 3.58. The van der Waals surface area contributed by atoms with Gasteiger partial charge in [0.25, 0.3) is 0 Å². The molecule has 0 radical (unpaired) electrons. The third kappa shape index (κ3) is 4.54. The molecule has 156 valence electrons. The van der Waals surface area contributed by atoms with E-state index in [1.165, 1.54) is 7.11 Å². The third-order valence-corrected chi connectivity index (χ3v) is 5.54. The molecule has 0 aliphatic heterocycles. The maximum atomic E-state index is 12.4. The molecule has 3 aromatic carbocycles. The van der Waals surface area contributed by atoms with Gasteiger partial charge in [-0.05, 0) is 42.2 Å². The molecule has 0 spiro atoms. The van der Waals surface area contributed by atoms with Gasteiger partial charge < -0.3 is 9.47 Å². The number of hydrogen-bond donors (Lipinski definition) is 0. The Balaban J connectivity index is 1.76. The molecular weight excluding hydrogens is 410 g/mol. The second kappa shape index (κ2) is 9.19. The lowest BCUT2D eigenvalue weighted by molar-refractivity contribution is 0.0588. The van der Waals surface area contributed by atoms with Crippen LogP contribution in [-0.2, 0) is 17.8 Å². The largest absolute Gasteiger partial charge is 0.486 e. The van der Waals surface area contributed by atoms with Gasteiger partial charge in [-0.25, -0.2) is 9.78 Å². The van der Waals surface area contributed by atoms with E-state index in [-0.39, 0.29) is 5.69 Å². The number of hydrogen-bond acceptors (Lipinski definition) is 4. The summed E-state index contributed by atoms with van der Waals surface area (Å²) in [6.07, 6.45) is 0.702. The quantitative estimate of drug-likeness (QED) is 0.343. The zero-order chi connectivity index (χ0) is 21.8. The van der Waals surface area contributed by atoms with E-state index in [1.807, 2.05) is 73.7 Å². The monoisotopic (exact) mass is 431 g/mol. The minimum atomic E-state index is -0.520. The van der Waals surface area contributed by atoms with Crippen LogP contribution in [0.4, 0.5) is 0 Å². The maximum absolute atomic E-state index is 12.4. The SMILES string of the molecule is COC(=O)c1nc(C)c2cc(Cc3ccccc3Cl)ccc2c1OCc1ccccc1. The number of halogens is 1. The van der Waals surface area contributed by atoms with Gasteiger partial charge in [-0.15, -0.1) is 0 Å². The standard InChI is InChI=1S/C26H22ClNO3/c1-17-22-15-19(14-20-10-6-7-11-23(20)27)12-13-21(22)25(24(28-17)26(29)30-2)31-16-18-8-4-3-5-9-18/h3-13,15H,14,16H2,1-2H3. The summed E-state index contributed by atoms with van der Waals surface area (Å²) in [5.74, 6) is -0.0891. The molecule has 0 fully saturated rings. The fourth-order valence-corrected chi connectivity index (χ4v) is 3.78. The van der Waals surface area contributed by atoms with Crippen molar-refractivity contribution in [3.05, 3.63) is 106 Å². The van der Waals surface area contributed by atoms with Crippen molar-refractivity contribution in [2.45, 2.75) is 20.0 Å². The molecule has 31 heavy (non-hydrogen) atoms. The Hall–Kier alpha value is -3.37. The summed E-state index contributed by atoms with van der Waals surface area (Å²) in [5, 5.41) is 2.50. The Morgan fingerprint density at radius 3 is 2.42 bits per heavy atom. The number of esters is 1. The van der Waals surface area contributed by atoms with E-state index < -0.39 is 5.97 Å². The van der Waals surface area contributed by atoms with Gasteiger partial charge in [0.2, 0.25) is 0 Å². The molecular formula is C26H22ClNO3. The average Bonchev–Trinajstić information content (AvgIpc) is 2.80. The second-order valence-corrected chi connectivity index (χ2v) is 7.70. The Labute approximate surface area is 186 Å². The van der Waals surface area contributed by atoms with E-state index >= 15 is 0 Å². The highest BCUT2D eigenvalue weighted by atomic mass is 35.5. The molecule has 4 aromatic rings. The Morgan fingerprint density at radius 2 is 1.68 bits per heavy atom. The lowest BCUT2D eigenvalue weighted by Crippen LogP contribution is -2.10. The number of aryl methyl sites for hydroxylation is 1. The van der Waals surface area contributed by atoms with Crippen LogP contribution in [0.2, 0.25) is 5.02 Å². The van der Waals surface area contributed by atoms with Crippen molar-refractivity contribution >= 4 is 28.3 Å². The molecule has 4 nitrogen and oxygen atoms in total. The molecule has 0 aliphatic rings. The van der Waals surface area contributed by atoms with E-state index in [9.17, 15) is 4.79 Å². The van der Waals surface area contributed by atoms with Crippen molar-refractivity contribution in [2.75, 3.05) is 7.11 Å². The molecule has 0 aliphatic carbocycles. The summed E-state index contributed by atoms with van der Waals surface area (Å²) in [5.41, 5.74) is 4.08. The van der Waals surface area contributed by atoms with Crippen molar-refractivity contribution in [3.8, 4) is 5.75 Å². The number of carbonyl (C=O) groups excluding carboxylic acids is 1. The molecule has 0 saturated heterocycles. The summed E-state index contributed by atoms with van der Waals surface area (Å²) in [6, 6.07) is 23.7. The van der Waals surface area contributed by atoms with Crippen molar-refractivity contribution in [3.63, 3.8) is 0 Å². The summed E-state index contributed by atoms with van der Waals surface area (Å²) in [7, 11) is 1.34. The molecule has 5 heteroatoms. The predicted molar refractivity (Wildman–Crippen MR) is 123 cm³/mol. The second-order valence-electron chi connectivity index (χ2n) is 7.29. The fraction of sp³-hybridized carbons (Fsp3) is 0.154. The number of carbonyl (C=O) groups is 1. The van der Waals surface area contributed by atoms with Gasteiger partial charge in [-0.3, -0.25) is 0 Å². The molecule has 0 N–H and O–H groups in total. The number of ether oxygens (including phenoxy) is 2. The molecule has 0 atom stereocenters. The topological polar surface area (TPSA) is 48.4 Å². The van der Waals surface area contributed by atoms with E-state index in [4.69, 9.17) is 21.1 Å². The maximum Gasteiger partial charge on any atom is 0.360 e. The number of methoxy groups -OCH3 is 1. The van der Waals surface area contributed by atoms with Crippen molar-refractivity contribution in [1.82, 2.24) is 4.98 Å². The number of benzene rings is 3. The van der Waals surface area contributed by atoms with Gasteiger partial charge in [0, 0.05) is 21.5 Å². The molecule has 4 rings (SSSR count). The minimum Gasteiger partial charge on any atom is -0.486 e. The lowest BCUT2D eigenvalue weighted by atomic mass is 9.99. The van der Waals surface area contributed by atoms with Crippen LogP contribution in [0.3, 0.4) is 0 Å². The lowest BCUT2D eigenvalue weighted by Gasteiger charge is -2.15. The van der Waals surface area contributed by atoms with Gasteiger partial charge in [-0.2, -0.15) is 0 Å². The van der Waals surface area contributed by atoms with Crippen LogP contribution in [0.5, 0.6) is 5.75 Å². The number of rotatable bonds is 6. The van der Waals surface area contributed by atoms with Gasteiger partial charge in [-0.1, -0.05) is 72.3 Å². The minimum absolute atomic E-state index is 0.183. The Kier molecular flexibility index (Phi) is 6.19. The first kappa shape index (κ1) is 20.9. The molecule has 1 heterocycles. The van der Waals surface area contributed by atoms with Crippen molar-refractivity contribution < 1.29 is 14.3 Å². The van der Waals surface area contributed by atoms with Crippen molar-refractivity contribution in [2.24, 2.45) is 0 Å². The number of nitrogens with zero attached hydrogens (tertiary/aromatic N) is 1. The number of pyridine rings is 1. The number of fused-ring (bicyclic) bond motifs is 1. The van der Waals surface area contributed by atoms with Crippen LogP contribution < -0.4 is 4.74 Å². The highest BCUT2D eigenvalue weighted by Gasteiger charge is 2.21. The van der Waals surface area contributed by atoms with E-state index in [0.717, 1.165) is 38.2 Å². The van der Waals surface area contributed by atoms with Gasteiger partial charge in [0.15, 0.2) is 11.4 Å². The highest BCUT2D eigenvalue weighted by Crippen LogP contribution is 2.33. The van der Waals surface area contributed by atoms with E-state index in [2.05, 4.69) is 11.1 Å². The van der Waals surface area contributed by atoms with Gasteiger partial charge >= 0.3 is 5.97 Å². The first-order chi connectivity index (χ1) is 15.1. The van der Waals surface area contributed by atoms with Gasteiger partial charge in [0.05, 0.1) is 7.11 Å². The first-order valence-corrected chi connectivity index (χ1v) is 10.4. The predicted octanol–water partition coefficient (Wildman–Crippen LogP) is 6.15. The van der Waals surface area contributed by atoms with E-state index in [0.29, 0.717) is 18.8 Å². The summed E-state index contributed by atoms with van der Waals surface area (Å²) in [6.45, 7) is 2.21. The van der Waals surface area contributed by atoms with Crippen LogP contribution in [0.1, 0.15) is 32.9 Å². The highest BCUT2D eigenvalue weighted by molar-refractivity contribution is 6.31. The van der Waals surface area contributed by atoms with E-state index in [1.54, 1.807) is 0 Å². The summed E-state index contributed by atoms with van der Waals surface area (Å²) >= 11 is 6.34. The number of aromatic nitrogens is 1. The zero-order valence-electron chi connectivity index (χ0n) is 17.4. The molecule has 0 amide bonds. The van der Waals surface area contributed by atoms with Crippen molar-refractivity contribution in [1.29, 1.82) is 0 Å². The average molecular weight is 432 g/mol. The zero-order valence-corrected chi connectivity index (χ0v) is 18.1. The Morgan fingerprint density at radius 1 is 0.935 bits per heavy atom. The first-order valence-electron chi connectivity index (χ1n) is 9.98. The Bertz CT molecular complexity index is 1240. The van der Waals surface area contributed by atoms with Crippen LogP contribution >= 0.6 is 11.6 Å². The van der Waals surface area contributed by atoms with Crippen LogP contribution in [0.25, 0.3) is 10.8 Å². The third-order valence-electron chi connectivity index (χ3n) is 5.17. The summed E-state index contributed by atoms with van der Waals surface area (Å²) in [4.78, 5) is 16.9. The van der Waals surface area contributed by atoms with Crippen LogP contribution in [0.15, 0.2) is 72.8 Å². The molecule has 0 unspecified atom stereocenters.